The van der Waals surface area contributed by atoms with Crippen LogP contribution in [0.5, 0.6) is 11.5 Å². The van der Waals surface area contributed by atoms with Crippen LogP contribution in [0.2, 0.25) is 0 Å². The molecule has 0 radical (unpaired) electrons. The van der Waals surface area contributed by atoms with Crippen LogP contribution in [-0.4, -0.2) is 19.3 Å². The van der Waals surface area contributed by atoms with Crippen molar-refractivity contribution in [2.45, 2.75) is 58.3 Å². The summed E-state index contributed by atoms with van der Waals surface area (Å²) in [6.45, 7) is 6.42. The molecule has 4 aliphatic carbocycles. The molecule has 0 unspecified atom stereocenters. The van der Waals surface area contributed by atoms with Crippen LogP contribution < -0.4 is 4.74 Å². The maximum atomic E-state index is 6.69. The van der Waals surface area contributed by atoms with Crippen molar-refractivity contribution in [1.29, 1.82) is 0 Å². The van der Waals surface area contributed by atoms with E-state index in [4.69, 9.17) is 14.8 Å². The lowest BCUT2D eigenvalue weighted by atomic mass is 9.42. The number of hydrogen-bond acceptors (Lipinski definition) is 3. The number of para-hydroxylation sites is 1. The van der Waals surface area contributed by atoms with Crippen molar-refractivity contribution in [3.05, 3.63) is 168 Å². The molecule has 3 heterocycles. The van der Waals surface area contributed by atoms with Crippen molar-refractivity contribution >= 4 is 21.8 Å². The highest BCUT2D eigenvalue weighted by atomic mass is 16.5. The molecule has 12 rings (SSSR count). The minimum Gasteiger partial charge on any atom is -0.457 e. The number of pyridine rings is 1. The lowest BCUT2D eigenvalue weighted by Gasteiger charge is -2.62. The first kappa shape index (κ1) is 33.4. The Morgan fingerprint density at radius 1 is 0.607 bits per heavy atom. The Bertz CT molecular complexity index is 2750. The van der Waals surface area contributed by atoms with Gasteiger partial charge in [0.25, 0.3) is 0 Å². The average molecular weight is 731 g/mol. The van der Waals surface area contributed by atoms with E-state index in [1.165, 1.54) is 70.7 Å². The summed E-state index contributed by atoms with van der Waals surface area (Å²) in [5.74, 6) is 5.59. The number of nitrogens with zero attached hydrogens (tertiary/aromatic N) is 4. The van der Waals surface area contributed by atoms with Crippen LogP contribution in [0.25, 0.3) is 44.4 Å². The Balaban J connectivity index is 1.00. The number of ether oxygens (including phenoxy) is 1. The van der Waals surface area contributed by atoms with E-state index in [0.717, 1.165) is 57.3 Å². The quantitative estimate of drug-likeness (QED) is 0.164. The van der Waals surface area contributed by atoms with Crippen molar-refractivity contribution < 1.29 is 4.74 Å². The van der Waals surface area contributed by atoms with Gasteiger partial charge in [0, 0.05) is 45.8 Å². The molecule has 5 heteroatoms. The number of fused-ring (bicyclic) bond motifs is 3. The summed E-state index contributed by atoms with van der Waals surface area (Å²) in [5.41, 5.74) is 11.9. The largest absolute Gasteiger partial charge is 0.457 e. The first-order chi connectivity index (χ1) is 27.4. The second kappa shape index (κ2) is 12.8. The molecule has 0 N–H and O–H groups in total. The van der Waals surface area contributed by atoms with Gasteiger partial charge in [-0.3, -0.25) is 4.57 Å². The SMILES string of the molecule is Cc1ccc(C2(c3ccnc(-n4c5ccccc5c5ccc(Oc6cccc(-n7nc(C)c(-c8ccccc8)c7C)c6)cc54)c3)C3CC4CC(C3)CC2C4)cc1. The van der Waals surface area contributed by atoms with Gasteiger partial charge in [-0.15, -0.1) is 0 Å². The monoisotopic (exact) mass is 730 g/mol. The van der Waals surface area contributed by atoms with E-state index in [2.05, 4.69) is 153 Å². The second-order valence-electron chi connectivity index (χ2n) is 16.9. The summed E-state index contributed by atoms with van der Waals surface area (Å²) in [7, 11) is 0. The second-order valence-corrected chi connectivity index (χ2v) is 16.9. The third-order valence-electron chi connectivity index (χ3n) is 13.7. The lowest BCUT2D eigenvalue weighted by molar-refractivity contribution is -0.0418. The molecular weight excluding hydrogens is 685 g/mol. The Hall–Kier alpha value is -5.94. The summed E-state index contributed by atoms with van der Waals surface area (Å²) < 4.78 is 11.1. The summed E-state index contributed by atoms with van der Waals surface area (Å²) in [6, 6.07) is 48.2. The number of aryl methyl sites for hydroxylation is 2. The lowest BCUT2D eigenvalue weighted by Crippen LogP contribution is -2.56. The summed E-state index contributed by atoms with van der Waals surface area (Å²) in [4.78, 5) is 5.14. The van der Waals surface area contributed by atoms with Crippen LogP contribution in [0.1, 0.15) is 60.2 Å². The fraction of sp³-hybridized carbons (Fsp3) is 0.255. The predicted octanol–water partition coefficient (Wildman–Crippen LogP) is 12.5. The van der Waals surface area contributed by atoms with Crippen LogP contribution in [0, 0.1) is 44.4 Å². The molecule has 4 fully saturated rings. The number of hydrogen-bond donors (Lipinski definition) is 0. The third kappa shape index (κ3) is 5.13. The van der Waals surface area contributed by atoms with Gasteiger partial charge in [-0.25, -0.2) is 9.67 Å². The molecule has 8 aromatic rings. The van der Waals surface area contributed by atoms with Crippen molar-refractivity contribution in [2.24, 2.45) is 23.7 Å². The van der Waals surface area contributed by atoms with Gasteiger partial charge < -0.3 is 4.74 Å². The van der Waals surface area contributed by atoms with Crippen LogP contribution in [0.3, 0.4) is 0 Å². The molecule has 56 heavy (non-hydrogen) atoms. The molecule has 276 valence electrons. The topological polar surface area (TPSA) is 44.9 Å². The molecule has 4 saturated carbocycles. The van der Waals surface area contributed by atoms with E-state index in [9.17, 15) is 0 Å². The molecule has 0 spiro atoms. The van der Waals surface area contributed by atoms with E-state index in [1.807, 2.05) is 16.8 Å². The fourth-order valence-corrected chi connectivity index (χ4v) is 11.7. The zero-order valence-electron chi connectivity index (χ0n) is 32.3. The molecule has 4 aliphatic rings. The summed E-state index contributed by atoms with van der Waals surface area (Å²) in [5, 5.41) is 7.36. The summed E-state index contributed by atoms with van der Waals surface area (Å²) >= 11 is 0. The molecule has 0 saturated heterocycles. The predicted molar refractivity (Wildman–Crippen MR) is 226 cm³/mol. The van der Waals surface area contributed by atoms with Crippen molar-refractivity contribution in [3.8, 4) is 34.1 Å². The highest BCUT2D eigenvalue weighted by Crippen LogP contribution is 2.65. The van der Waals surface area contributed by atoms with Crippen LogP contribution in [0.15, 0.2) is 140 Å². The van der Waals surface area contributed by atoms with E-state index in [1.54, 1.807) is 0 Å². The van der Waals surface area contributed by atoms with Crippen LogP contribution in [0.4, 0.5) is 0 Å². The van der Waals surface area contributed by atoms with Crippen LogP contribution >= 0.6 is 0 Å². The smallest absolute Gasteiger partial charge is 0.137 e. The van der Waals surface area contributed by atoms with E-state index < -0.39 is 0 Å². The maximum absolute atomic E-state index is 6.69. The van der Waals surface area contributed by atoms with Gasteiger partial charge in [-0.2, -0.15) is 5.10 Å². The third-order valence-corrected chi connectivity index (χ3v) is 13.7. The minimum atomic E-state index is 0.00415. The van der Waals surface area contributed by atoms with Gasteiger partial charge in [0.2, 0.25) is 0 Å². The standard InChI is InChI=1S/C51H46N4O/c1-32-16-18-38(19-17-32)51(40-25-35-24-36(27-40)28-41(51)26-35)39-22-23-52-49(29-39)54-47-15-8-7-14-45(47)46-21-20-44(31-48(46)54)56-43-13-9-12-42(30-43)55-34(3)50(33(2)53-55)37-10-5-4-6-11-37/h4-23,29-31,35-36,40-41H,24-28H2,1-3H3. The normalized spacial score (nSPS) is 22.6. The average Bonchev–Trinajstić information content (AvgIpc) is 3.71. The number of benzene rings is 5. The minimum absolute atomic E-state index is 0.00415. The Kier molecular flexibility index (Phi) is 7.64. The molecule has 5 aromatic carbocycles. The van der Waals surface area contributed by atoms with Gasteiger partial charge in [0.15, 0.2) is 0 Å². The highest BCUT2D eigenvalue weighted by molar-refractivity contribution is 6.09. The molecule has 5 nitrogen and oxygen atoms in total. The molecule has 3 aromatic heterocycles. The number of rotatable bonds is 7. The van der Waals surface area contributed by atoms with Gasteiger partial charge in [0.05, 0.1) is 22.4 Å². The Morgan fingerprint density at radius 2 is 1.32 bits per heavy atom. The Labute approximate surface area is 328 Å². The molecular formula is C51H46N4O. The highest BCUT2D eigenvalue weighted by Gasteiger charge is 2.58. The zero-order chi connectivity index (χ0) is 37.5. The zero-order valence-corrected chi connectivity index (χ0v) is 32.3. The molecule has 0 aliphatic heterocycles. The molecule has 0 amide bonds. The van der Waals surface area contributed by atoms with Gasteiger partial charge in [-0.05, 0) is 136 Å². The van der Waals surface area contributed by atoms with E-state index >= 15 is 0 Å². The van der Waals surface area contributed by atoms with Gasteiger partial charge >= 0.3 is 0 Å². The van der Waals surface area contributed by atoms with Gasteiger partial charge in [0.1, 0.15) is 17.3 Å². The van der Waals surface area contributed by atoms with Crippen molar-refractivity contribution in [2.75, 3.05) is 0 Å². The maximum Gasteiger partial charge on any atom is 0.137 e. The fourth-order valence-electron chi connectivity index (χ4n) is 11.7. The van der Waals surface area contributed by atoms with Gasteiger partial charge in [-0.1, -0.05) is 84.4 Å². The van der Waals surface area contributed by atoms with Crippen LogP contribution in [-0.2, 0) is 5.41 Å². The molecule has 0 atom stereocenters. The molecule has 4 bridgehead atoms. The Morgan fingerprint density at radius 3 is 2.11 bits per heavy atom. The van der Waals surface area contributed by atoms with E-state index in [0.29, 0.717) is 11.8 Å². The van der Waals surface area contributed by atoms with E-state index in [-0.39, 0.29) is 5.41 Å². The summed E-state index contributed by atoms with van der Waals surface area (Å²) in [6.07, 6.45) is 8.85. The van der Waals surface area contributed by atoms with Crippen molar-refractivity contribution in [3.63, 3.8) is 0 Å². The first-order valence-corrected chi connectivity index (χ1v) is 20.4. The first-order valence-electron chi connectivity index (χ1n) is 20.4. The number of aromatic nitrogens is 4. The van der Waals surface area contributed by atoms with Crippen molar-refractivity contribution in [1.82, 2.24) is 19.3 Å².